The fourth-order valence-electron chi connectivity index (χ4n) is 2.39. The van der Waals surface area contributed by atoms with Crippen molar-refractivity contribution in [2.75, 3.05) is 11.9 Å². The number of aryl methyl sites for hydroxylation is 1. The van der Waals surface area contributed by atoms with Gasteiger partial charge in [0.25, 0.3) is 0 Å². The van der Waals surface area contributed by atoms with Gasteiger partial charge in [0.1, 0.15) is 0 Å². The first-order chi connectivity index (χ1) is 8.18. The van der Waals surface area contributed by atoms with Crippen LogP contribution in [0.5, 0.6) is 0 Å². The Morgan fingerprint density at radius 2 is 2.24 bits per heavy atom. The van der Waals surface area contributed by atoms with E-state index in [2.05, 4.69) is 10.3 Å². The third-order valence-corrected chi connectivity index (χ3v) is 3.37. The molecule has 0 atom stereocenters. The zero-order chi connectivity index (χ0) is 12.3. The molecular formula is C11H18N4O2. The second-order valence-electron chi connectivity index (χ2n) is 4.67. The number of anilines is 1. The number of aromatic nitrogens is 2. The van der Waals surface area contributed by atoms with Crippen molar-refractivity contribution >= 4 is 11.6 Å². The number of imidazole rings is 1. The summed E-state index contributed by atoms with van der Waals surface area (Å²) in [5, 5.41) is 13.9. The summed E-state index contributed by atoms with van der Waals surface area (Å²) in [6, 6.07) is 0. The summed E-state index contributed by atoms with van der Waals surface area (Å²) in [6.45, 7) is 0.806. The molecule has 0 saturated heterocycles. The molecule has 0 spiro atoms. The van der Waals surface area contributed by atoms with E-state index in [0.29, 0.717) is 11.7 Å². The van der Waals surface area contributed by atoms with Gasteiger partial charge in [0.05, 0.1) is 0 Å². The lowest BCUT2D eigenvalue weighted by atomic mass is 9.89. The predicted molar refractivity (Wildman–Crippen MR) is 64.9 cm³/mol. The van der Waals surface area contributed by atoms with E-state index in [4.69, 9.17) is 0 Å². The van der Waals surface area contributed by atoms with Crippen molar-refractivity contribution in [2.45, 2.75) is 32.1 Å². The number of nitrogens with zero attached hydrogens (tertiary/aromatic N) is 3. The first-order valence-electron chi connectivity index (χ1n) is 6.08. The second kappa shape index (κ2) is 5.16. The SMILES string of the molecule is Cn1cnc([N+](=O)[O-])c1NCC1CCCCC1. The first kappa shape index (κ1) is 11.9. The van der Waals surface area contributed by atoms with Crippen LogP contribution in [-0.4, -0.2) is 21.0 Å². The Bertz CT molecular complexity index is 396. The Kier molecular flexibility index (Phi) is 3.61. The van der Waals surface area contributed by atoms with Gasteiger partial charge in [0.2, 0.25) is 12.1 Å². The zero-order valence-electron chi connectivity index (χ0n) is 10.1. The van der Waals surface area contributed by atoms with E-state index in [1.54, 1.807) is 11.6 Å². The molecule has 0 aromatic carbocycles. The molecular weight excluding hydrogens is 220 g/mol. The van der Waals surface area contributed by atoms with Crippen molar-refractivity contribution in [2.24, 2.45) is 13.0 Å². The van der Waals surface area contributed by atoms with Gasteiger partial charge in [-0.3, -0.25) is 4.57 Å². The van der Waals surface area contributed by atoms with E-state index < -0.39 is 4.92 Å². The van der Waals surface area contributed by atoms with E-state index in [0.717, 1.165) is 6.54 Å². The number of hydrogen-bond donors (Lipinski definition) is 1. The summed E-state index contributed by atoms with van der Waals surface area (Å²) in [6.07, 6.45) is 7.79. The van der Waals surface area contributed by atoms with Crippen molar-refractivity contribution in [3.05, 3.63) is 16.4 Å². The molecule has 0 radical (unpaired) electrons. The van der Waals surface area contributed by atoms with Crippen LogP contribution >= 0.6 is 0 Å². The average molecular weight is 238 g/mol. The number of nitro groups is 1. The van der Waals surface area contributed by atoms with Crippen LogP contribution < -0.4 is 5.32 Å². The van der Waals surface area contributed by atoms with Crippen molar-refractivity contribution in [3.8, 4) is 0 Å². The van der Waals surface area contributed by atoms with Crippen LogP contribution in [0.15, 0.2) is 6.33 Å². The van der Waals surface area contributed by atoms with Crippen LogP contribution in [0.25, 0.3) is 0 Å². The van der Waals surface area contributed by atoms with Crippen LogP contribution in [0.1, 0.15) is 32.1 Å². The normalized spacial score (nSPS) is 17.0. The maximum atomic E-state index is 10.8. The Morgan fingerprint density at radius 3 is 2.88 bits per heavy atom. The number of nitrogens with one attached hydrogen (secondary N) is 1. The molecule has 1 aromatic rings. The van der Waals surface area contributed by atoms with Crippen LogP contribution in [0.3, 0.4) is 0 Å². The van der Waals surface area contributed by atoms with E-state index >= 15 is 0 Å². The Morgan fingerprint density at radius 1 is 1.53 bits per heavy atom. The minimum Gasteiger partial charge on any atom is -0.364 e. The minimum atomic E-state index is -0.441. The summed E-state index contributed by atoms with van der Waals surface area (Å²) in [4.78, 5) is 14.1. The molecule has 1 N–H and O–H groups in total. The molecule has 1 aliphatic rings. The molecule has 0 unspecified atom stereocenters. The van der Waals surface area contributed by atoms with Gasteiger partial charge in [-0.25, -0.2) is 0 Å². The van der Waals surface area contributed by atoms with Crippen molar-refractivity contribution in [3.63, 3.8) is 0 Å². The minimum absolute atomic E-state index is 0.0803. The molecule has 1 saturated carbocycles. The fourth-order valence-corrected chi connectivity index (χ4v) is 2.39. The monoisotopic (exact) mass is 238 g/mol. The molecule has 94 valence electrons. The van der Waals surface area contributed by atoms with Gasteiger partial charge in [-0.1, -0.05) is 19.3 Å². The smallest absolute Gasteiger partial charge is 0.364 e. The highest BCUT2D eigenvalue weighted by Crippen LogP contribution is 2.26. The second-order valence-corrected chi connectivity index (χ2v) is 4.67. The molecule has 2 rings (SSSR count). The van der Waals surface area contributed by atoms with Crippen LogP contribution in [-0.2, 0) is 7.05 Å². The third kappa shape index (κ3) is 2.75. The number of rotatable bonds is 4. The molecule has 0 aliphatic heterocycles. The highest BCUT2D eigenvalue weighted by molar-refractivity contribution is 5.51. The van der Waals surface area contributed by atoms with Gasteiger partial charge in [-0.15, -0.1) is 0 Å². The van der Waals surface area contributed by atoms with Gasteiger partial charge in [-0.05, 0) is 28.7 Å². The maximum Gasteiger partial charge on any atom is 0.406 e. The lowest BCUT2D eigenvalue weighted by Gasteiger charge is -2.21. The Balaban J connectivity index is 1.97. The van der Waals surface area contributed by atoms with E-state index in [9.17, 15) is 10.1 Å². The first-order valence-corrected chi connectivity index (χ1v) is 6.08. The average Bonchev–Trinajstić information content (AvgIpc) is 2.69. The standard InChI is InChI=1S/C11H18N4O2/c1-14-8-13-11(15(16)17)10(14)12-7-9-5-3-2-4-6-9/h8-9,12H,2-7H2,1H3. The summed E-state index contributed by atoms with van der Waals surface area (Å²) in [5.74, 6) is 1.07. The van der Waals surface area contributed by atoms with E-state index in [-0.39, 0.29) is 5.82 Å². The highest BCUT2D eigenvalue weighted by Gasteiger charge is 2.21. The van der Waals surface area contributed by atoms with Crippen LogP contribution in [0.4, 0.5) is 11.6 Å². The number of hydrogen-bond acceptors (Lipinski definition) is 4. The lowest BCUT2D eigenvalue weighted by Crippen LogP contribution is -2.18. The van der Waals surface area contributed by atoms with Crippen molar-refractivity contribution in [1.82, 2.24) is 9.55 Å². The van der Waals surface area contributed by atoms with E-state index in [1.807, 2.05) is 0 Å². The fraction of sp³-hybridized carbons (Fsp3) is 0.727. The van der Waals surface area contributed by atoms with Gasteiger partial charge < -0.3 is 15.4 Å². The van der Waals surface area contributed by atoms with Crippen LogP contribution in [0.2, 0.25) is 0 Å². The predicted octanol–water partition coefficient (Wildman–Crippen LogP) is 2.32. The molecule has 17 heavy (non-hydrogen) atoms. The van der Waals surface area contributed by atoms with Crippen molar-refractivity contribution in [1.29, 1.82) is 0 Å². The van der Waals surface area contributed by atoms with Crippen LogP contribution in [0, 0.1) is 16.0 Å². The topological polar surface area (TPSA) is 73.0 Å². The van der Waals surface area contributed by atoms with E-state index in [1.165, 1.54) is 38.4 Å². The largest absolute Gasteiger partial charge is 0.406 e. The van der Waals surface area contributed by atoms with Gasteiger partial charge in [0.15, 0.2) is 0 Å². The zero-order valence-corrected chi connectivity index (χ0v) is 10.1. The molecule has 1 heterocycles. The molecule has 0 bridgehead atoms. The highest BCUT2D eigenvalue weighted by atomic mass is 16.6. The molecule has 6 heteroatoms. The van der Waals surface area contributed by atoms with Gasteiger partial charge in [-0.2, -0.15) is 0 Å². The summed E-state index contributed by atoms with van der Waals surface area (Å²) < 4.78 is 1.67. The Labute approximate surface area is 100 Å². The summed E-state index contributed by atoms with van der Waals surface area (Å²) in [5.41, 5.74) is 0. The molecule has 1 aliphatic carbocycles. The lowest BCUT2D eigenvalue weighted by molar-refractivity contribution is -0.388. The van der Waals surface area contributed by atoms with Gasteiger partial charge in [0, 0.05) is 13.6 Å². The summed E-state index contributed by atoms with van der Waals surface area (Å²) in [7, 11) is 1.77. The summed E-state index contributed by atoms with van der Waals surface area (Å²) >= 11 is 0. The Hall–Kier alpha value is -1.59. The third-order valence-electron chi connectivity index (χ3n) is 3.37. The molecule has 1 fully saturated rings. The van der Waals surface area contributed by atoms with Gasteiger partial charge >= 0.3 is 5.82 Å². The maximum absolute atomic E-state index is 10.8. The molecule has 6 nitrogen and oxygen atoms in total. The molecule has 0 amide bonds. The van der Waals surface area contributed by atoms with Crippen molar-refractivity contribution < 1.29 is 4.92 Å². The molecule has 1 aromatic heterocycles. The quantitative estimate of drug-likeness (QED) is 0.645.